The van der Waals surface area contributed by atoms with Crippen molar-refractivity contribution in [2.45, 2.75) is 51.4 Å². The van der Waals surface area contributed by atoms with Gasteiger partial charge in [-0.15, -0.1) is 0 Å². The Labute approximate surface area is 103 Å². The van der Waals surface area contributed by atoms with Crippen molar-refractivity contribution in [3.8, 4) is 0 Å². The molecule has 0 bridgehead atoms. The molecule has 2 rings (SSSR count). The van der Waals surface area contributed by atoms with Crippen LogP contribution in [-0.4, -0.2) is 5.91 Å². The highest BCUT2D eigenvalue weighted by Crippen LogP contribution is 2.43. The van der Waals surface area contributed by atoms with E-state index in [1.54, 1.807) is 0 Å². The maximum Gasteiger partial charge on any atom is 0.218 e. The zero-order chi connectivity index (χ0) is 12.6. The van der Waals surface area contributed by atoms with Gasteiger partial charge in [0.2, 0.25) is 5.91 Å². The summed E-state index contributed by atoms with van der Waals surface area (Å²) in [5.74, 6) is 1.22. The molecule has 0 saturated heterocycles. The highest BCUT2D eigenvalue weighted by molar-refractivity contribution is 5.75. The summed E-state index contributed by atoms with van der Waals surface area (Å²) >= 11 is 0. The largest absolute Gasteiger partial charge is 0.370 e. The van der Waals surface area contributed by atoms with Crippen LogP contribution in [0.2, 0.25) is 0 Å². The third kappa shape index (κ3) is 2.36. The minimum absolute atomic E-state index is 0.190. The molecule has 2 unspecified atom stereocenters. The molecule has 2 heteroatoms. The molecule has 1 aromatic carbocycles. The Morgan fingerprint density at radius 1 is 1.41 bits per heavy atom. The monoisotopic (exact) mass is 231 g/mol. The highest BCUT2D eigenvalue weighted by Gasteiger charge is 2.29. The number of hydrogen-bond donors (Lipinski definition) is 1. The first-order valence-electron chi connectivity index (χ1n) is 6.41. The van der Waals surface area contributed by atoms with Gasteiger partial charge in [-0.3, -0.25) is 4.79 Å². The van der Waals surface area contributed by atoms with E-state index in [1.165, 1.54) is 16.7 Å². The van der Waals surface area contributed by atoms with Crippen LogP contribution in [0.25, 0.3) is 0 Å². The first kappa shape index (κ1) is 12.2. The minimum atomic E-state index is -0.190. The SMILES string of the molecule is CC(C)c1ccc2c(c1)C(CC(N)=O)CC2C. The Bertz CT molecular complexity index is 437. The van der Waals surface area contributed by atoms with E-state index in [2.05, 4.69) is 39.0 Å². The quantitative estimate of drug-likeness (QED) is 0.852. The Kier molecular flexibility index (Phi) is 3.23. The van der Waals surface area contributed by atoms with Gasteiger partial charge in [0.05, 0.1) is 0 Å². The summed E-state index contributed by atoms with van der Waals surface area (Å²) < 4.78 is 0. The number of carbonyl (C=O) groups excluding carboxylic acids is 1. The van der Waals surface area contributed by atoms with Crippen LogP contribution in [-0.2, 0) is 4.79 Å². The summed E-state index contributed by atoms with van der Waals surface area (Å²) in [7, 11) is 0. The van der Waals surface area contributed by atoms with Gasteiger partial charge in [-0.1, -0.05) is 39.0 Å². The second kappa shape index (κ2) is 4.52. The van der Waals surface area contributed by atoms with Crippen LogP contribution in [0.4, 0.5) is 0 Å². The molecule has 0 fully saturated rings. The van der Waals surface area contributed by atoms with Gasteiger partial charge >= 0.3 is 0 Å². The predicted octanol–water partition coefficient (Wildman–Crippen LogP) is 3.28. The average molecular weight is 231 g/mol. The molecular formula is C15H21NO. The van der Waals surface area contributed by atoms with Gasteiger partial charge < -0.3 is 5.73 Å². The standard InChI is InChI=1S/C15H21NO/c1-9(2)11-4-5-13-10(3)6-12(8-15(16)17)14(13)7-11/h4-5,7,9-10,12H,6,8H2,1-3H3,(H2,16,17). The maximum absolute atomic E-state index is 11.1. The summed E-state index contributed by atoms with van der Waals surface area (Å²) in [6, 6.07) is 6.72. The topological polar surface area (TPSA) is 43.1 Å². The van der Waals surface area contributed by atoms with Crippen LogP contribution in [0.15, 0.2) is 18.2 Å². The molecule has 2 N–H and O–H groups in total. The first-order valence-corrected chi connectivity index (χ1v) is 6.41. The van der Waals surface area contributed by atoms with E-state index < -0.39 is 0 Å². The van der Waals surface area contributed by atoms with Crippen molar-refractivity contribution in [1.29, 1.82) is 0 Å². The third-order valence-electron chi connectivity index (χ3n) is 3.83. The van der Waals surface area contributed by atoms with E-state index in [9.17, 15) is 4.79 Å². The number of rotatable bonds is 3. The van der Waals surface area contributed by atoms with Crippen LogP contribution < -0.4 is 5.73 Å². The van der Waals surface area contributed by atoms with E-state index in [0.717, 1.165) is 6.42 Å². The summed E-state index contributed by atoms with van der Waals surface area (Å²) in [5, 5.41) is 0. The molecule has 92 valence electrons. The number of primary amides is 1. The van der Waals surface area contributed by atoms with Crippen molar-refractivity contribution in [3.63, 3.8) is 0 Å². The number of fused-ring (bicyclic) bond motifs is 1. The van der Waals surface area contributed by atoms with Crippen molar-refractivity contribution in [2.24, 2.45) is 5.73 Å². The van der Waals surface area contributed by atoms with Crippen molar-refractivity contribution in [2.75, 3.05) is 0 Å². The Morgan fingerprint density at radius 2 is 2.12 bits per heavy atom. The van der Waals surface area contributed by atoms with E-state index in [-0.39, 0.29) is 5.91 Å². The number of nitrogens with two attached hydrogens (primary N) is 1. The predicted molar refractivity (Wildman–Crippen MR) is 70.1 cm³/mol. The Balaban J connectivity index is 2.36. The van der Waals surface area contributed by atoms with Gasteiger partial charge in [0.1, 0.15) is 0 Å². The number of carbonyl (C=O) groups is 1. The number of hydrogen-bond acceptors (Lipinski definition) is 1. The lowest BCUT2D eigenvalue weighted by molar-refractivity contribution is -0.118. The normalized spacial score (nSPS) is 22.8. The molecule has 0 saturated carbocycles. The molecule has 1 amide bonds. The molecule has 2 nitrogen and oxygen atoms in total. The molecule has 1 aliphatic carbocycles. The molecule has 0 aromatic heterocycles. The van der Waals surface area contributed by atoms with Gasteiger partial charge in [-0.25, -0.2) is 0 Å². The third-order valence-corrected chi connectivity index (χ3v) is 3.83. The molecule has 1 aromatic rings. The van der Waals surface area contributed by atoms with Crippen molar-refractivity contribution < 1.29 is 4.79 Å². The second-order valence-electron chi connectivity index (χ2n) is 5.55. The average Bonchev–Trinajstić information content (AvgIpc) is 2.54. The summed E-state index contributed by atoms with van der Waals surface area (Å²) in [6.45, 7) is 6.63. The van der Waals surface area contributed by atoms with E-state index in [0.29, 0.717) is 24.2 Å². The van der Waals surface area contributed by atoms with Crippen LogP contribution in [0, 0.1) is 0 Å². The molecule has 1 aliphatic rings. The fourth-order valence-corrected chi connectivity index (χ4v) is 2.87. The van der Waals surface area contributed by atoms with Gasteiger partial charge in [0, 0.05) is 6.42 Å². The molecule has 0 aliphatic heterocycles. The summed E-state index contributed by atoms with van der Waals surface area (Å²) in [6.07, 6.45) is 1.54. The molecule has 0 radical (unpaired) electrons. The van der Waals surface area contributed by atoms with Gasteiger partial charge in [-0.2, -0.15) is 0 Å². The Morgan fingerprint density at radius 3 is 2.71 bits per heavy atom. The van der Waals surface area contributed by atoms with Crippen LogP contribution >= 0.6 is 0 Å². The van der Waals surface area contributed by atoms with Crippen LogP contribution in [0.1, 0.15) is 68.1 Å². The van der Waals surface area contributed by atoms with Crippen LogP contribution in [0.3, 0.4) is 0 Å². The maximum atomic E-state index is 11.1. The van der Waals surface area contributed by atoms with Gasteiger partial charge in [0.15, 0.2) is 0 Å². The smallest absolute Gasteiger partial charge is 0.218 e. The van der Waals surface area contributed by atoms with Gasteiger partial charge in [-0.05, 0) is 40.9 Å². The summed E-state index contributed by atoms with van der Waals surface area (Å²) in [5.41, 5.74) is 9.44. The Hall–Kier alpha value is -1.31. The molecule has 0 heterocycles. The van der Waals surface area contributed by atoms with Crippen molar-refractivity contribution >= 4 is 5.91 Å². The molecular weight excluding hydrogens is 210 g/mol. The second-order valence-corrected chi connectivity index (χ2v) is 5.55. The van der Waals surface area contributed by atoms with Crippen molar-refractivity contribution in [3.05, 3.63) is 34.9 Å². The molecule has 17 heavy (non-hydrogen) atoms. The number of amides is 1. The zero-order valence-electron chi connectivity index (χ0n) is 10.9. The highest BCUT2D eigenvalue weighted by atomic mass is 16.1. The number of benzene rings is 1. The fraction of sp³-hybridized carbons (Fsp3) is 0.533. The lowest BCUT2D eigenvalue weighted by atomic mass is 9.93. The van der Waals surface area contributed by atoms with Crippen LogP contribution in [0.5, 0.6) is 0 Å². The van der Waals surface area contributed by atoms with E-state index >= 15 is 0 Å². The van der Waals surface area contributed by atoms with E-state index in [1.807, 2.05) is 0 Å². The minimum Gasteiger partial charge on any atom is -0.370 e. The zero-order valence-corrected chi connectivity index (χ0v) is 10.9. The van der Waals surface area contributed by atoms with Gasteiger partial charge in [0.25, 0.3) is 0 Å². The first-order chi connectivity index (χ1) is 7.99. The molecule has 2 atom stereocenters. The molecule has 0 spiro atoms. The lowest BCUT2D eigenvalue weighted by Crippen LogP contribution is -2.14. The fourth-order valence-electron chi connectivity index (χ4n) is 2.87. The van der Waals surface area contributed by atoms with Crippen molar-refractivity contribution in [1.82, 2.24) is 0 Å². The summed E-state index contributed by atoms with van der Waals surface area (Å²) in [4.78, 5) is 11.1. The van der Waals surface area contributed by atoms with E-state index in [4.69, 9.17) is 5.73 Å². The lowest BCUT2D eigenvalue weighted by Gasteiger charge is -2.12.